The third-order valence-electron chi connectivity index (χ3n) is 2.80. The molecule has 3 nitrogen and oxygen atoms in total. The number of nitrogens with one attached hydrogen (secondary N) is 1. The Bertz CT molecular complexity index is 665. The van der Waals surface area contributed by atoms with E-state index in [-0.39, 0.29) is 5.69 Å². The summed E-state index contributed by atoms with van der Waals surface area (Å²) >= 11 is 0. The Morgan fingerprint density at radius 3 is 2.70 bits per heavy atom. The van der Waals surface area contributed by atoms with Crippen LogP contribution in [0.2, 0.25) is 0 Å². The first-order chi connectivity index (χ1) is 9.63. The molecular weight excluding hydrogens is 262 g/mol. The lowest BCUT2D eigenvalue weighted by Crippen LogP contribution is -2.02. The van der Waals surface area contributed by atoms with Gasteiger partial charge < -0.3 is 10.1 Å². The zero-order valence-corrected chi connectivity index (χ0v) is 10.8. The van der Waals surface area contributed by atoms with Crippen LogP contribution < -0.4 is 10.1 Å². The Morgan fingerprint density at radius 1 is 1.20 bits per heavy atom. The third kappa shape index (κ3) is 3.04. The topological polar surface area (TPSA) is 45.0 Å². The molecule has 2 aromatic carbocycles. The molecule has 0 heterocycles. The number of hydrogen-bond donors (Lipinski definition) is 1. The van der Waals surface area contributed by atoms with Gasteiger partial charge in [0.15, 0.2) is 0 Å². The van der Waals surface area contributed by atoms with Gasteiger partial charge in [0.1, 0.15) is 23.5 Å². The second-order valence-corrected chi connectivity index (χ2v) is 4.12. The third-order valence-corrected chi connectivity index (χ3v) is 2.80. The maximum Gasteiger partial charge on any atom is 0.146 e. The maximum atomic E-state index is 13.4. The van der Waals surface area contributed by atoms with E-state index in [9.17, 15) is 8.78 Å². The normalized spacial score (nSPS) is 9.90. The van der Waals surface area contributed by atoms with E-state index in [2.05, 4.69) is 5.32 Å². The molecule has 20 heavy (non-hydrogen) atoms. The number of ether oxygens (including phenoxy) is 1. The highest BCUT2D eigenvalue weighted by molar-refractivity contribution is 5.48. The van der Waals surface area contributed by atoms with Gasteiger partial charge >= 0.3 is 0 Å². The van der Waals surface area contributed by atoms with Crippen LogP contribution in [0, 0.1) is 23.0 Å². The summed E-state index contributed by atoms with van der Waals surface area (Å²) in [6.07, 6.45) is 0. The van der Waals surface area contributed by atoms with Crippen LogP contribution in [0.3, 0.4) is 0 Å². The van der Waals surface area contributed by atoms with E-state index in [0.717, 1.165) is 23.8 Å². The molecule has 0 radical (unpaired) electrons. The lowest BCUT2D eigenvalue weighted by Gasteiger charge is -2.09. The molecule has 0 unspecified atom stereocenters. The molecule has 0 aromatic heterocycles. The number of benzene rings is 2. The zero-order valence-electron chi connectivity index (χ0n) is 10.8. The molecule has 0 bridgehead atoms. The van der Waals surface area contributed by atoms with Gasteiger partial charge in [0, 0.05) is 6.54 Å². The van der Waals surface area contributed by atoms with E-state index in [1.165, 1.54) is 7.11 Å². The average Bonchev–Trinajstić information content (AvgIpc) is 2.47. The number of hydrogen-bond acceptors (Lipinski definition) is 3. The van der Waals surface area contributed by atoms with Gasteiger partial charge in [0.25, 0.3) is 0 Å². The highest BCUT2D eigenvalue weighted by Crippen LogP contribution is 2.21. The van der Waals surface area contributed by atoms with Crippen molar-refractivity contribution in [1.82, 2.24) is 0 Å². The van der Waals surface area contributed by atoms with Crippen molar-refractivity contribution in [3.8, 4) is 11.8 Å². The molecule has 2 rings (SSSR count). The molecule has 1 N–H and O–H groups in total. The summed E-state index contributed by atoms with van der Waals surface area (Å²) in [7, 11) is 1.47. The first-order valence-corrected chi connectivity index (χ1v) is 5.90. The van der Waals surface area contributed by atoms with Crippen LogP contribution >= 0.6 is 0 Å². The SMILES string of the molecule is COc1cc(CNc2cc(F)ccc2F)ccc1C#N. The van der Waals surface area contributed by atoms with Crippen molar-refractivity contribution >= 4 is 5.69 Å². The van der Waals surface area contributed by atoms with E-state index < -0.39 is 11.6 Å². The molecule has 0 aliphatic rings. The predicted molar refractivity (Wildman–Crippen MR) is 71.4 cm³/mol. The van der Waals surface area contributed by atoms with E-state index >= 15 is 0 Å². The number of rotatable bonds is 4. The first-order valence-electron chi connectivity index (χ1n) is 5.90. The van der Waals surface area contributed by atoms with Crippen molar-refractivity contribution in [2.75, 3.05) is 12.4 Å². The van der Waals surface area contributed by atoms with Gasteiger partial charge in [-0.25, -0.2) is 8.78 Å². The second kappa shape index (κ2) is 6.02. The van der Waals surface area contributed by atoms with Crippen molar-refractivity contribution in [1.29, 1.82) is 5.26 Å². The number of halogens is 2. The highest BCUT2D eigenvalue weighted by Gasteiger charge is 2.06. The molecule has 0 spiro atoms. The summed E-state index contributed by atoms with van der Waals surface area (Å²) in [4.78, 5) is 0. The van der Waals surface area contributed by atoms with Gasteiger partial charge in [0.05, 0.1) is 18.4 Å². The number of nitrogens with zero attached hydrogens (tertiary/aromatic N) is 1. The van der Waals surface area contributed by atoms with Gasteiger partial charge in [-0.1, -0.05) is 6.07 Å². The van der Waals surface area contributed by atoms with E-state index in [1.807, 2.05) is 6.07 Å². The minimum Gasteiger partial charge on any atom is -0.495 e. The number of nitriles is 1. The van der Waals surface area contributed by atoms with Crippen LogP contribution in [0.15, 0.2) is 36.4 Å². The Kier molecular flexibility index (Phi) is 4.16. The fraction of sp³-hybridized carbons (Fsp3) is 0.133. The Hall–Kier alpha value is -2.61. The lowest BCUT2D eigenvalue weighted by atomic mass is 10.1. The molecule has 0 aliphatic heterocycles. The van der Waals surface area contributed by atoms with E-state index in [0.29, 0.717) is 17.9 Å². The molecule has 0 amide bonds. The molecule has 102 valence electrons. The van der Waals surface area contributed by atoms with Gasteiger partial charge in [-0.2, -0.15) is 5.26 Å². The predicted octanol–water partition coefficient (Wildman–Crippen LogP) is 3.46. The summed E-state index contributed by atoms with van der Waals surface area (Å²) in [5, 5.41) is 11.7. The number of anilines is 1. The highest BCUT2D eigenvalue weighted by atomic mass is 19.1. The maximum absolute atomic E-state index is 13.4. The summed E-state index contributed by atoms with van der Waals surface area (Å²) in [6.45, 7) is 0.294. The van der Waals surface area contributed by atoms with Crippen LogP contribution in [0.1, 0.15) is 11.1 Å². The monoisotopic (exact) mass is 274 g/mol. The minimum atomic E-state index is -0.521. The lowest BCUT2D eigenvalue weighted by molar-refractivity contribution is 0.413. The molecule has 0 aliphatic carbocycles. The van der Waals surface area contributed by atoms with Crippen molar-refractivity contribution in [2.24, 2.45) is 0 Å². The number of methoxy groups -OCH3 is 1. The summed E-state index contributed by atoms with van der Waals surface area (Å²) in [6, 6.07) is 10.3. The van der Waals surface area contributed by atoms with E-state index in [1.54, 1.807) is 18.2 Å². The van der Waals surface area contributed by atoms with Crippen molar-refractivity contribution < 1.29 is 13.5 Å². The summed E-state index contributed by atoms with van der Waals surface area (Å²) in [5.74, 6) is -0.579. The molecule has 0 saturated carbocycles. The zero-order chi connectivity index (χ0) is 14.5. The molecule has 5 heteroatoms. The quantitative estimate of drug-likeness (QED) is 0.928. The van der Waals surface area contributed by atoms with Crippen molar-refractivity contribution in [3.05, 3.63) is 59.2 Å². The van der Waals surface area contributed by atoms with E-state index in [4.69, 9.17) is 10.00 Å². The molecular formula is C15H12F2N2O. The van der Waals surface area contributed by atoms with Crippen LogP contribution in [-0.4, -0.2) is 7.11 Å². The molecule has 0 saturated heterocycles. The Morgan fingerprint density at radius 2 is 2.00 bits per heavy atom. The van der Waals surface area contributed by atoms with Crippen molar-refractivity contribution in [3.63, 3.8) is 0 Å². The summed E-state index contributed by atoms with van der Waals surface area (Å²) < 4.78 is 31.6. The molecule has 2 aromatic rings. The van der Waals surface area contributed by atoms with Crippen molar-refractivity contribution in [2.45, 2.75) is 6.54 Å². The Labute approximate surface area is 115 Å². The van der Waals surface area contributed by atoms with Gasteiger partial charge in [0.2, 0.25) is 0 Å². The smallest absolute Gasteiger partial charge is 0.146 e. The largest absolute Gasteiger partial charge is 0.495 e. The molecule has 0 fully saturated rings. The average molecular weight is 274 g/mol. The summed E-state index contributed by atoms with van der Waals surface area (Å²) in [5.41, 5.74) is 1.31. The molecule has 0 atom stereocenters. The van der Waals surface area contributed by atoms with Crippen LogP contribution in [0.4, 0.5) is 14.5 Å². The Balaban J connectivity index is 2.15. The second-order valence-electron chi connectivity index (χ2n) is 4.12. The van der Waals surface area contributed by atoms with Crippen LogP contribution in [-0.2, 0) is 6.54 Å². The minimum absolute atomic E-state index is 0.0910. The first kappa shape index (κ1) is 13.8. The standard InChI is InChI=1S/C15H12F2N2O/c1-20-15-6-10(2-3-11(15)8-18)9-19-14-7-12(16)4-5-13(14)17/h2-7,19H,9H2,1H3. The van der Waals surface area contributed by atoms with Gasteiger partial charge in [-0.05, 0) is 35.9 Å². The van der Waals surface area contributed by atoms with Gasteiger partial charge in [-0.15, -0.1) is 0 Å². The van der Waals surface area contributed by atoms with Crippen LogP contribution in [0.5, 0.6) is 5.75 Å². The van der Waals surface area contributed by atoms with Gasteiger partial charge in [-0.3, -0.25) is 0 Å². The fourth-order valence-corrected chi connectivity index (χ4v) is 1.77. The fourth-order valence-electron chi connectivity index (χ4n) is 1.77. The van der Waals surface area contributed by atoms with Crippen LogP contribution in [0.25, 0.3) is 0 Å².